The summed E-state index contributed by atoms with van der Waals surface area (Å²) in [5, 5.41) is 3.31. The van der Waals surface area contributed by atoms with Gasteiger partial charge in [-0.2, -0.15) is 0 Å². The van der Waals surface area contributed by atoms with Crippen molar-refractivity contribution in [2.75, 3.05) is 26.7 Å². The van der Waals surface area contributed by atoms with Gasteiger partial charge in [0.15, 0.2) is 0 Å². The Balaban J connectivity index is 2.01. The highest BCUT2D eigenvalue weighted by molar-refractivity contribution is 5.67. The van der Waals surface area contributed by atoms with E-state index in [9.17, 15) is 4.79 Å². The van der Waals surface area contributed by atoms with E-state index in [4.69, 9.17) is 4.74 Å². The normalized spacial score (nSPS) is 10.1. The number of hydrogen-bond acceptors (Lipinski definition) is 3. The van der Waals surface area contributed by atoms with Crippen molar-refractivity contribution >= 4 is 6.09 Å². The summed E-state index contributed by atoms with van der Waals surface area (Å²) >= 11 is 0. The molecule has 1 aromatic carbocycles. The molecular formula is C14H22N2O2. The number of benzene rings is 1. The fourth-order valence-corrected chi connectivity index (χ4v) is 1.42. The third-order valence-electron chi connectivity index (χ3n) is 2.68. The number of hydrogen-bond donors (Lipinski definition) is 1. The van der Waals surface area contributed by atoms with Crippen molar-refractivity contribution in [3.8, 4) is 0 Å². The summed E-state index contributed by atoms with van der Waals surface area (Å²) in [5.41, 5.74) is 1.26. The monoisotopic (exact) mass is 250 g/mol. The molecule has 0 atom stereocenters. The van der Waals surface area contributed by atoms with Crippen LogP contribution in [-0.4, -0.2) is 37.7 Å². The first-order chi connectivity index (χ1) is 8.74. The van der Waals surface area contributed by atoms with Gasteiger partial charge in [-0.1, -0.05) is 30.3 Å². The summed E-state index contributed by atoms with van der Waals surface area (Å²) in [4.78, 5) is 12.9. The summed E-state index contributed by atoms with van der Waals surface area (Å²) in [5.74, 6) is 0. The molecule has 0 aliphatic rings. The zero-order valence-corrected chi connectivity index (χ0v) is 11.2. The van der Waals surface area contributed by atoms with E-state index in [-0.39, 0.29) is 6.09 Å². The van der Waals surface area contributed by atoms with E-state index < -0.39 is 0 Å². The average Bonchev–Trinajstić information content (AvgIpc) is 2.42. The lowest BCUT2D eigenvalue weighted by molar-refractivity contribution is 0.111. The number of ether oxygens (including phenoxy) is 1. The van der Waals surface area contributed by atoms with Gasteiger partial charge in [-0.15, -0.1) is 0 Å². The van der Waals surface area contributed by atoms with E-state index in [1.165, 1.54) is 5.56 Å². The smallest absolute Gasteiger partial charge is 0.409 e. The van der Waals surface area contributed by atoms with Crippen LogP contribution in [0, 0.1) is 0 Å². The molecule has 1 aromatic rings. The lowest BCUT2D eigenvalue weighted by Gasteiger charge is -2.14. The van der Waals surface area contributed by atoms with Crippen LogP contribution in [0.15, 0.2) is 30.3 Å². The third kappa shape index (κ3) is 5.68. The molecule has 0 aliphatic carbocycles. The van der Waals surface area contributed by atoms with E-state index in [2.05, 4.69) is 17.4 Å². The number of amides is 1. The Morgan fingerprint density at radius 1 is 1.33 bits per heavy atom. The van der Waals surface area contributed by atoms with Crippen LogP contribution in [0.25, 0.3) is 0 Å². The van der Waals surface area contributed by atoms with Gasteiger partial charge in [0.2, 0.25) is 0 Å². The average molecular weight is 250 g/mol. The second-order valence-electron chi connectivity index (χ2n) is 4.14. The molecule has 0 spiro atoms. The van der Waals surface area contributed by atoms with Crippen LogP contribution < -0.4 is 5.32 Å². The van der Waals surface area contributed by atoms with Gasteiger partial charge in [0.05, 0.1) is 6.61 Å². The summed E-state index contributed by atoms with van der Waals surface area (Å²) < 4.78 is 5.09. The Labute approximate surface area is 109 Å². The number of carbonyl (C=O) groups excluding carboxylic acids is 1. The maximum absolute atomic E-state index is 11.3. The molecule has 0 radical (unpaired) electrons. The Hall–Kier alpha value is -1.55. The summed E-state index contributed by atoms with van der Waals surface area (Å²) in [6.07, 6.45) is 0.580. The molecule has 0 saturated heterocycles. The lowest BCUT2D eigenvalue weighted by atomic mass is 10.2. The molecular weight excluding hydrogens is 228 g/mol. The van der Waals surface area contributed by atoms with Crippen LogP contribution >= 0.6 is 0 Å². The Kier molecular flexibility index (Phi) is 6.87. The van der Waals surface area contributed by atoms with Gasteiger partial charge in [-0.3, -0.25) is 0 Å². The molecule has 0 saturated carbocycles. The number of rotatable bonds is 7. The van der Waals surface area contributed by atoms with Crippen LogP contribution in [0.2, 0.25) is 0 Å². The first-order valence-electron chi connectivity index (χ1n) is 6.36. The predicted octanol–water partition coefficient (Wildman–Crippen LogP) is 2.25. The summed E-state index contributed by atoms with van der Waals surface area (Å²) in [6, 6.07) is 10.2. The fourth-order valence-electron chi connectivity index (χ4n) is 1.42. The van der Waals surface area contributed by atoms with Crippen molar-refractivity contribution in [1.82, 2.24) is 10.2 Å². The highest BCUT2D eigenvalue weighted by Gasteiger charge is 2.05. The van der Waals surface area contributed by atoms with Crippen molar-refractivity contribution in [1.29, 1.82) is 0 Å². The molecule has 1 amide bonds. The Bertz CT molecular complexity index is 341. The van der Waals surface area contributed by atoms with Gasteiger partial charge in [0.25, 0.3) is 0 Å². The van der Waals surface area contributed by atoms with Crippen molar-refractivity contribution in [3.63, 3.8) is 0 Å². The van der Waals surface area contributed by atoms with Gasteiger partial charge in [-0.25, -0.2) is 4.79 Å². The minimum atomic E-state index is -0.249. The van der Waals surface area contributed by atoms with Gasteiger partial charge in [-0.05, 0) is 25.5 Å². The molecule has 0 aliphatic heterocycles. The van der Waals surface area contributed by atoms with E-state index in [1.54, 1.807) is 11.9 Å². The molecule has 0 fully saturated rings. The molecule has 100 valence electrons. The highest BCUT2D eigenvalue weighted by Crippen LogP contribution is 1.97. The van der Waals surface area contributed by atoms with Crippen molar-refractivity contribution in [2.24, 2.45) is 0 Å². The molecule has 1 rings (SSSR count). The topological polar surface area (TPSA) is 41.6 Å². The zero-order chi connectivity index (χ0) is 13.2. The molecule has 4 heteroatoms. The maximum Gasteiger partial charge on any atom is 0.409 e. The Morgan fingerprint density at radius 2 is 2.06 bits per heavy atom. The predicted molar refractivity (Wildman–Crippen MR) is 72.4 cm³/mol. The minimum absolute atomic E-state index is 0.249. The molecule has 0 unspecified atom stereocenters. The Morgan fingerprint density at radius 3 is 2.72 bits per heavy atom. The third-order valence-corrected chi connectivity index (χ3v) is 2.68. The maximum atomic E-state index is 11.3. The SMILES string of the molecule is CCN(C)C(=O)OCCCNCc1ccccc1. The quantitative estimate of drug-likeness (QED) is 0.755. The summed E-state index contributed by atoms with van der Waals surface area (Å²) in [6.45, 7) is 4.75. The molecule has 0 heterocycles. The van der Waals surface area contributed by atoms with Crippen LogP contribution in [-0.2, 0) is 11.3 Å². The molecule has 1 N–H and O–H groups in total. The number of carbonyl (C=O) groups is 1. The highest BCUT2D eigenvalue weighted by atomic mass is 16.6. The van der Waals surface area contributed by atoms with Crippen LogP contribution in [0.5, 0.6) is 0 Å². The molecule has 0 bridgehead atoms. The second-order valence-corrected chi connectivity index (χ2v) is 4.14. The van der Waals surface area contributed by atoms with E-state index in [0.29, 0.717) is 13.2 Å². The van der Waals surface area contributed by atoms with Crippen LogP contribution in [0.4, 0.5) is 4.79 Å². The standard InChI is InChI=1S/C14H22N2O2/c1-3-16(2)14(17)18-11-7-10-15-12-13-8-5-4-6-9-13/h4-6,8-9,15H,3,7,10-12H2,1-2H3. The minimum Gasteiger partial charge on any atom is -0.449 e. The molecule has 18 heavy (non-hydrogen) atoms. The van der Waals surface area contributed by atoms with Gasteiger partial charge in [0, 0.05) is 20.1 Å². The van der Waals surface area contributed by atoms with Gasteiger partial charge in [0.1, 0.15) is 0 Å². The number of nitrogens with one attached hydrogen (secondary N) is 1. The van der Waals surface area contributed by atoms with Crippen LogP contribution in [0.3, 0.4) is 0 Å². The van der Waals surface area contributed by atoms with E-state index in [1.807, 2.05) is 25.1 Å². The summed E-state index contributed by atoms with van der Waals surface area (Å²) in [7, 11) is 1.73. The van der Waals surface area contributed by atoms with Crippen molar-refractivity contribution in [3.05, 3.63) is 35.9 Å². The van der Waals surface area contributed by atoms with Gasteiger partial charge < -0.3 is 15.0 Å². The fraction of sp³-hybridized carbons (Fsp3) is 0.500. The zero-order valence-electron chi connectivity index (χ0n) is 11.2. The van der Waals surface area contributed by atoms with Crippen molar-refractivity contribution < 1.29 is 9.53 Å². The second kappa shape index (κ2) is 8.53. The first-order valence-corrected chi connectivity index (χ1v) is 6.36. The van der Waals surface area contributed by atoms with E-state index >= 15 is 0 Å². The van der Waals surface area contributed by atoms with Crippen molar-refractivity contribution in [2.45, 2.75) is 19.9 Å². The molecule has 4 nitrogen and oxygen atoms in total. The number of nitrogens with zero attached hydrogens (tertiary/aromatic N) is 1. The molecule has 0 aromatic heterocycles. The van der Waals surface area contributed by atoms with E-state index in [0.717, 1.165) is 19.5 Å². The first kappa shape index (κ1) is 14.5. The largest absolute Gasteiger partial charge is 0.449 e. The van der Waals surface area contributed by atoms with Crippen LogP contribution in [0.1, 0.15) is 18.9 Å². The van der Waals surface area contributed by atoms with Gasteiger partial charge >= 0.3 is 6.09 Å². The lowest BCUT2D eigenvalue weighted by Crippen LogP contribution is -2.28.